The summed E-state index contributed by atoms with van der Waals surface area (Å²) in [4.78, 5) is 23.1. The van der Waals surface area contributed by atoms with Crippen molar-refractivity contribution < 1.29 is 14.7 Å². The van der Waals surface area contributed by atoms with Gasteiger partial charge in [0.25, 0.3) is 0 Å². The molecular formula is C12H19ClN2O3. The zero-order chi connectivity index (χ0) is 13.6. The number of urea groups is 1. The molecule has 0 bridgehead atoms. The molecular weight excluding hydrogens is 256 g/mol. The van der Waals surface area contributed by atoms with Gasteiger partial charge in [0.15, 0.2) is 0 Å². The van der Waals surface area contributed by atoms with Crippen LogP contribution in [0.4, 0.5) is 4.79 Å². The number of carbonyl (C=O) groups is 2. The summed E-state index contributed by atoms with van der Waals surface area (Å²) in [5.41, 5.74) is -1.14. The van der Waals surface area contributed by atoms with Crippen molar-refractivity contribution in [2.45, 2.75) is 44.1 Å². The van der Waals surface area contributed by atoms with Gasteiger partial charge in [-0.05, 0) is 12.8 Å². The maximum absolute atomic E-state index is 11.7. The van der Waals surface area contributed by atoms with Crippen molar-refractivity contribution in [2.24, 2.45) is 0 Å². The van der Waals surface area contributed by atoms with Crippen LogP contribution in [-0.4, -0.2) is 29.2 Å². The van der Waals surface area contributed by atoms with Crippen molar-refractivity contribution in [3.8, 4) is 0 Å². The molecule has 0 heterocycles. The number of carbonyl (C=O) groups excluding carboxylic acids is 1. The lowest BCUT2D eigenvalue weighted by Gasteiger charge is -2.29. The average Bonchev–Trinajstić information content (AvgIpc) is 2.53. The van der Waals surface area contributed by atoms with Gasteiger partial charge in [0, 0.05) is 5.03 Å². The Morgan fingerprint density at radius 2 is 1.78 bits per heavy atom. The van der Waals surface area contributed by atoms with Crippen molar-refractivity contribution >= 4 is 23.6 Å². The Hall–Kier alpha value is -1.23. The molecule has 3 N–H and O–H groups in total. The summed E-state index contributed by atoms with van der Waals surface area (Å²) in [6.07, 6.45) is 4.59. The summed E-state index contributed by atoms with van der Waals surface area (Å²) in [5.74, 6) is -0.968. The molecule has 102 valence electrons. The molecule has 18 heavy (non-hydrogen) atoms. The van der Waals surface area contributed by atoms with Crippen LogP contribution in [-0.2, 0) is 4.79 Å². The quantitative estimate of drug-likeness (QED) is 0.688. The average molecular weight is 275 g/mol. The molecule has 1 rings (SSSR count). The van der Waals surface area contributed by atoms with Crippen LogP contribution in [0.5, 0.6) is 0 Å². The van der Waals surface area contributed by atoms with Gasteiger partial charge in [0.2, 0.25) is 0 Å². The highest BCUT2D eigenvalue weighted by atomic mass is 35.5. The number of nitrogens with one attached hydrogen (secondary N) is 2. The molecule has 2 amide bonds. The molecule has 0 radical (unpaired) electrons. The zero-order valence-electron chi connectivity index (χ0n) is 10.3. The maximum Gasteiger partial charge on any atom is 0.329 e. The lowest BCUT2D eigenvalue weighted by Crippen LogP contribution is -2.57. The molecule has 1 aliphatic carbocycles. The molecule has 0 unspecified atom stereocenters. The predicted molar refractivity (Wildman–Crippen MR) is 69.6 cm³/mol. The summed E-state index contributed by atoms with van der Waals surface area (Å²) in [7, 11) is 0. The van der Waals surface area contributed by atoms with E-state index in [4.69, 9.17) is 11.6 Å². The fraction of sp³-hybridized carbons (Fsp3) is 0.667. The highest BCUT2D eigenvalue weighted by Gasteiger charge is 2.39. The monoisotopic (exact) mass is 274 g/mol. The first-order valence-corrected chi connectivity index (χ1v) is 6.47. The highest BCUT2D eigenvalue weighted by molar-refractivity contribution is 6.29. The molecule has 0 saturated heterocycles. The molecule has 0 aromatic carbocycles. The van der Waals surface area contributed by atoms with E-state index in [0.717, 1.165) is 25.7 Å². The van der Waals surface area contributed by atoms with E-state index in [2.05, 4.69) is 17.2 Å². The van der Waals surface area contributed by atoms with Gasteiger partial charge >= 0.3 is 12.0 Å². The number of rotatable bonds is 4. The first-order chi connectivity index (χ1) is 8.46. The second-order valence-electron chi connectivity index (χ2n) is 4.63. The Morgan fingerprint density at radius 1 is 1.22 bits per heavy atom. The maximum atomic E-state index is 11.7. The summed E-state index contributed by atoms with van der Waals surface area (Å²) in [6.45, 7) is 3.58. The lowest BCUT2D eigenvalue weighted by molar-refractivity contribution is -0.145. The number of carboxylic acids is 1. The number of aliphatic carboxylic acids is 1. The number of hydrogen-bond donors (Lipinski definition) is 3. The largest absolute Gasteiger partial charge is 0.480 e. The van der Waals surface area contributed by atoms with Gasteiger partial charge in [0.05, 0.1) is 6.54 Å². The van der Waals surface area contributed by atoms with Crippen molar-refractivity contribution in [2.75, 3.05) is 6.54 Å². The molecule has 0 aliphatic heterocycles. The molecule has 1 saturated carbocycles. The van der Waals surface area contributed by atoms with Crippen LogP contribution in [0.2, 0.25) is 0 Å². The van der Waals surface area contributed by atoms with Crippen molar-refractivity contribution in [1.29, 1.82) is 0 Å². The van der Waals surface area contributed by atoms with Crippen LogP contribution >= 0.6 is 11.6 Å². The lowest BCUT2D eigenvalue weighted by atomic mass is 9.90. The first-order valence-electron chi connectivity index (χ1n) is 6.09. The molecule has 5 nitrogen and oxygen atoms in total. The number of hydrogen-bond acceptors (Lipinski definition) is 2. The summed E-state index contributed by atoms with van der Waals surface area (Å²) in [5, 5.41) is 14.7. The Kier molecular flexibility index (Phi) is 5.47. The summed E-state index contributed by atoms with van der Waals surface area (Å²) in [6, 6.07) is -0.513. The minimum Gasteiger partial charge on any atom is -0.480 e. The third-order valence-electron chi connectivity index (χ3n) is 3.16. The Balaban J connectivity index is 2.64. The molecule has 0 atom stereocenters. The van der Waals surface area contributed by atoms with Crippen LogP contribution < -0.4 is 10.6 Å². The summed E-state index contributed by atoms with van der Waals surface area (Å²) >= 11 is 5.53. The molecule has 0 aromatic heterocycles. The SMILES string of the molecule is C=C(Cl)CNC(=O)NC1(C(=O)O)CCCCCC1. The Morgan fingerprint density at radius 3 is 2.22 bits per heavy atom. The van der Waals surface area contributed by atoms with Gasteiger partial charge in [-0.25, -0.2) is 9.59 Å². The van der Waals surface area contributed by atoms with Crippen LogP contribution in [0.25, 0.3) is 0 Å². The van der Waals surface area contributed by atoms with Crippen LogP contribution in [0.1, 0.15) is 38.5 Å². The third kappa shape index (κ3) is 4.22. The number of carboxylic acid groups (broad SMARTS) is 1. The van der Waals surface area contributed by atoms with Gasteiger partial charge in [-0.15, -0.1) is 0 Å². The van der Waals surface area contributed by atoms with E-state index < -0.39 is 17.5 Å². The van der Waals surface area contributed by atoms with Gasteiger partial charge in [0.1, 0.15) is 5.54 Å². The molecule has 0 aromatic rings. The van der Waals surface area contributed by atoms with E-state index in [0.29, 0.717) is 17.9 Å². The second-order valence-corrected chi connectivity index (χ2v) is 5.16. The Labute approximate surface area is 112 Å². The Bertz CT molecular complexity index is 336. The highest BCUT2D eigenvalue weighted by Crippen LogP contribution is 2.27. The fourth-order valence-corrected chi connectivity index (χ4v) is 2.23. The standard InChI is InChI=1S/C12H19ClN2O3/c1-9(13)8-14-11(18)15-12(10(16)17)6-4-2-3-5-7-12/h1-8H2,(H,16,17)(H2,14,15,18). The van der Waals surface area contributed by atoms with E-state index in [1.807, 2.05) is 0 Å². The normalized spacial score (nSPS) is 18.5. The fourth-order valence-electron chi connectivity index (χ4n) is 2.16. The van der Waals surface area contributed by atoms with Gasteiger partial charge < -0.3 is 15.7 Å². The second kappa shape index (κ2) is 6.64. The van der Waals surface area contributed by atoms with E-state index in [-0.39, 0.29) is 6.54 Å². The van der Waals surface area contributed by atoms with E-state index in [1.165, 1.54) is 0 Å². The van der Waals surface area contributed by atoms with Crippen molar-refractivity contribution in [1.82, 2.24) is 10.6 Å². The van der Waals surface area contributed by atoms with Crippen LogP contribution in [0, 0.1) is 0 Å². The van der Waals surface area contributed by atoms with E-state index in [1.54, 1.807) is 0 Å². The minimum atomic E-state index is -1.14. The van der Waals surface area contributed by atoms with Crippen LogP contribution in [0.15, 0.2) is 11.6 Å². The minimum absolute atomic E-state index is 0.128. The molecule has 0 spiro atoms. The topological polar surface area (TPSA) is 78.4 Å². The van der Waals surface area contributed by atoms with Gasteiger partial charge in [-0.2, -0.15) is 0 Å². The summed E-state index contributed by atoms with van der Waals surface area (Å²) < 4.78 is 0. The van der Waals surface area contributed by atoms with Gasteiger partial charge in [-0.3, -0.25) is 0 Å². The van der Waals surface area contributed by atoms with Gasteiger partial charge in [-0.1, -0.05) is 43.9 Å². The van der Waals surface area contributed by atoms with Crippen LogP contribution in [0.3, 0.4) is 0 Å². The molecule has 6 heteroatoms. The predicted octanol–water partition coefficient (Wildman–Crippen LogP) is 2.22. The third-order valence-corrected chi connectivity index (χ3v) is 3.29. The zero-order valence-corrected chi connectivity index (χ0v) is 11.1. The molecule has 1 fully saturated rings. The smallest absolute Gasteiger partial charge is 0.329 e. The van der Waals surface area contributed by atoms with E-state index in [9.17, 15) is 14.7 Å². The van der Waals surface area contributed by atoms with E-state index >= 15 is 0 Å². The first kappa shape index (κ1) is 14.8. The van der Waals surface area contributed by atoms with Crippen molar-refractivity contribution in [3.63, 3.8) is 0 Å². The van der Waals surface area contributed by atoms with Crippen molar-refractivity contribution in [3.05, 3.63) is 11.6 Å². The number of amides is 2. The number of halogens is 1. The molecule has 1 aliphatic rings.